The zero-order chi connectivity index (χ0) is 8.69. The molecule has 0 heterocycles. The van der Waals surface area contributed by atoms with E-state index in [1.165, 1.54) is 0 Å². The van der Waals surface area contributed by atoms with Crippen LogP contribution in [0.15, 0.2) is 0 Å². The first kappa shape index (κ1) is 10.0. The Labute approximate surface area is 68.2 Å². The first-order chi connectivity index (χ1) is 5.18. The lowest BCUT2D eigenvalue weighted by molar-refractivity contribution is -0.121. The smallest absolute Gasteiger partial charge is 0.220 e. The number of carbonyl (C=O) groups excluding carboxylic acids is 1. The molecular weight excluding hydrogens is 138 g/mol. The molecule has 0 aromatic rings. The summed E-state index contributed by atoms with van der Waals surface area (Å²) in [5.41, 5.74) is 5.07. The fourth-order valence-corrected chi connectivity index (χ4v) is 0.820. The Morgan fingerprint density at radius 3 is 2.73 bits per heavy atom. The van der Waals surface area contributed by atoms with Gasteiger partial charge in [0, 0.05) is 12.3 Å². The number of hydrogen-bond acceptors (Lipinski definition) is 1. The van der Waals surface area contributed by atoms with Crippen molar-refractivity contribution < 1.29 is 4.79 Å². The number of amides is 1. The third kappa shape index (κ3) is 5.47. The third-order valence-corrected chi connectivity index (χ3v) is 1.69. The van der Waals surface area contributed by atoms with Crippen molar-refractivity contribution >= 4 is 5.91 Å². The van der Waals surface area contributed by atoms with Gasteiger partial charge in [-0.2, -0.15) is 0 Å². The minimum atomic E-state index is -0.217. The molecule has 0 spiro atoms. The Hall–Kier alpha value is -0.970. The second-order valence-corrected chi connectivity index (χ2v) is 2.75. The van der Waals surface area contributed by atoms with Crippen LogP contribution in [-0.4, -0.2) is 5.91 Å². The molecule has 2 heteroatoms. The predicted molar refractivity (Wildman–Crippen MR) is 45.7 cm³/mol. The maximum Gasteiger partial charge on any atom is 0.220 e. The second-order valence-electron chi connectivity index (χ2n) is 2.75. The van der Waals surface area contributed by atoms with Crippen LogP contribution in [0.2, 0.25) is 0 Å². The first-order valence-corrected chi connectivity index (χ1v) is 3.91. The van der Waals surface area contributed by atoms with Gasteiger partial charge in [-0.1, -0.05) is 13.3 Å². The fraction of sp³-hybridized carbons (Fsp3) is 0.667. The highest BCUT2D eigenvalue weighted by Crippen LogP contribution is 2.07. The van der Waals surface area contributed by atoms with Crippen molar-refractivity contribution in [1.29, 1.82) is 0 Å². The maximum absolute atomic E-state index is 10.5. The molecule has 0 saturated carbocycles. The summed E-state index contributed by atoms with van der Waals surface area (Å²) in [6, 6.07) is 0. The van der Waals surface area contributed by atoms with Gasteiger partial charge < -0.3 is 5.73 Å². The normalized spacial score (nSPS) is 12.0. The Morgan fingerprint density at radius 1 is 1.64 bits per heavy atom. The van der Waals surface area contributed by atoms with E-state index >= 15 is 0 Å². The minimum Gasteiger partial charge on any atom is -0.369 e. The molecule has 1 amide bonds. The molecule has 0 saturated heterocycles. The molecule has 0 aliphatic rings. The number of nitrogens with two attached hydrogens (primary N) is 1. The van der Waals surface area contributed by atoms with Crippen LogP contribution in [0.25, 0.3) is 0 Å². The van der Waals surface area contributed by atoms with Crippen molar-refractivity contribution in [1.82, 2.24) is 0 Å². The van der Waals surface area contributed by atoms with E-state index in [2.05, 4.69) is 5.92 Å². The molecule has 0 unspecified atom stereocenters. The zero-order valence-corrected chi connectivity index (χ0v) is 6.97. The number of unbranched alkanes of at least 4 members (excludes halogenated alkanes) is 2. The van der Waals surface area contributed by atoms with E-state index < -0.39 is 0 Å². The molecule has 0 radical (unpaired) electrons. The summed E-state index contributed by atoms with van der Waals surface area (Å²) in [6.07, 6.45) is 8.71. The van der Waals surface area contributed by atoms with Crippen molar-refractivity contribution in [2.75, 3.05) is 0 Å². The lowest BCUT2D eigenvalue weighted by atomic mass is 10.0. The monoisotopic (exact) mass is 153 g/mol. The van der Waals surface area contributed by atoms with Gasteiger partial charge in [-0.25, -0.2) is 0 Å². The quantitative estimate of drug-likeness (QED) is 0.469. The molecule has 0 aromatic heterocycles. The fourth-order valence-electron chi connectivity index (χ4n) is 0.820. The molecule has 2 N–H and O–H groups in total. The van der Waals surface area contributed by atoms with Gasteiger partial charge in [0.05, 0.1) is 0 Å². The highest BCUT2D eigenvalue weighted by Gasteiger charge is 2.06. The summed E-state index contributed by atoms with van der Waals surface area (Å²) in [5.74, 6) is 2.33. The summed E-state index contributed by atoms with van der Waals surface area (Å²) in [5, 5.41) is 0. The van der Waals surface area contributed by atoms with E-state index in [1.54, 1.807) is 0 Å². The lowest BCUT2D eigenvalue weighted by Gasteiger charge is -2.04. The first-order valence-electron chi connectivity index (χ1n) is 3.91. The van der Waals surface area contributed by atoms with Crippen molar-refractivity contribution in [2.45, 2.75) is 32.6 Å². The van der Waals surface area contributed by atoms with Crippen LogP contribution < -0.4 is 5.73 Å². The van der Waals surface area contributed by atoms with Gasteiger partial charge in [0.2, 0.25) is 5.91 Å². The Balaban J connectivity index is 3.26. The van der Waals surface area contributed by atoms with Gasteiger partial charge in [0.15, 0.2) is 0 Å². The van der Waals surface area contributed by atoms with E-state index in [0.29, 0.717) is 0 Å². The zero-order valence-electron chi connectivity index (χ0n) is 6.97. The summed E-state index contributed by atoms with van der Waals surface area (Å²) in [7, 11) is 0. The molecule has 0 aliphatic carbocycles. The summed E-state index contributed by atoms with van der Waals surface area (Å²) >= 11 is 0. The summed E-state index contributed by atoms with van der Waals surface area (Å²) in [6.45, 7) is 1.85. The van der Waals surface area contributed by atoms with Gasteiger partial charge >= 0.3 is 0 Å². The molecule has 0 fully saturated rings. The number of hydrogen-bond donors (Lipinski definition) is 1. The molecule has 0 rings (SSSR count). The van der Waals surface area contributed by atoms with Crippen LogP contribution in [0.4, 0.5) is 0 Å². The molecule has 1 atom stereocenters. The highest BCUT2D eigenvalue weighted by molar-refractivity contribution is 5.76. The van der Waals surface area contributed by atoms with Gasteiger partial charge in [0.25, 0.3) is 0 Å². The molecule has 11 heavy (non-hydrogen) atoms. The van der Waals surface area contributed by atoms with Gasteiger partial charge in [0.1, 0.15) is 0 Å². The molecule has 0 bridgehead atoms. The number of rotatable bonds is 5. The van der Waals surface area contributed by atoms with Crippen LogP contribution >= 0.6 is 0 Å². The van der Waals surface area contributed by atoms with E-state index in [1.807, 2.05) is 6.92 Å². The van der Waals surface area contributed by atoms with Crippen LogP contribution in [-0.2, 0) is 4.79 Å². The van der Waals surface area contributed by atoms with Crippen molar-refractivity contribution in [3.8, 4) is 12.3 Å². The SMILES string of the molecule is C#CCCCC[C@@H](C)C(N)=O. The minimum absolute atomic E-state index is 0.00669. The molecule has 2 nitrogen and oxygen atoms in total. The van der Waals surface area contributed by atoms with Crippen molar-refractivity contribution in [3.05, 3.63) is 0 Å². The van der Waals surface area contributed by atoms with Crippen molar-refractivity contribution in [3.63, 3.8) is 0 Å². The van der Waals surface area contributed by atoms with Crippen LogP contribution in [0.5, 0.6) is 0 Å². The van der Waals surface area contributed by atoms with E-state index in [4.69, 9.17) is 12.2 Å². The molecular formula is C9H15NO. The van der Waals surface area contributed by atoms with Gasteiger partial charge in [-0.15, -0.1) is 12.3 Å². The Kier molecular flexibility index (Phi) is 5.28. The van der Waals surface area contributed by atoms with Crippen LogP contribution in [0.3, 0.4) is 0 Å². The summed E-state index contributed by atoms with van der Waals surface area (Å²) < 4.78 is 0. The third-order valence-electron chi connectivity index (χ3n) is 1.69. The number of carbonyl (C=O) groups is 1. The van der Waals surface area contributed by atoms with Crippen LogP contribution in [0, 0.1) is 18.3 Å². The van der Waals surface area contributed by atoms with Gasteiger partial charge in [-0.3, -0.25) is 4.79 Å². The van der Waals surface area contributed by atoms with Crippen molar-refractivity contribution in [2.24, 2.45) is 11.7 Å². The largest absolute Gasteiger partial charge is 0.369 e. The maximum atomic E-state index is 10.5. The number of primary amides is 1. The van der Waals surface area contributed by atoms with Gasteiger partial charge in [-0.05, 0) is 12.8 Å². The molecule has 62 valence electrons. The predicted octanol–water partition coefficient (Wildman–Crippen LogP) is 1.30. The van der Waals surface area contributed by atoms with Crippen LogP contribution in [0.1, 0.15) is 32.6 Å². The van der Waals surface area contributed by atoms with E-state index in [9.17, 15) is 4.79 Å². The van der Waals surface area contributed by atoms with E-state index in [0.717, 1.165) is 25.7 Å². The van der Waals surface area contributed by atoms with E-state index in [-0.39, 0.29) is 11.8 Å². The molecule has 0 aromatic carbocycles. The lowest BCUT2D eigenvalue weighted by Crippen LogP contribution is -2.20. The average molecular weight is 153 g/mol. The Bertz CT molecular complexity index is 157. The number of terminal acetylenes is 1. The highest BCUT2D eigenvalue weighted by atomic mass is 16.1. The summed E-state index contributed by atoms with van der Waals surface area (Å²) in [4.78, 5) is 10.5. The molecule has 0 aliphatic heterocycles. The average Bonchev–Trinajstić information content (AvgIpc) is 1.97. The topological polar surface area (TPSA) is 43.1 Å². The Morgan fingerprint density at radius 2 is 2.27 bits per heavy atom. The standard InChI is InChI=1S/C9H15NO/c1-3-4-5-6-7-8(2)9(10)11/h1,8H,4-7H2,2H3,(H2,10,11)/t8-/m1/s1. The second kappa shape index (κ2) is 5.79.